The van der Waals surface area contributed by atoms with Gasteiger partial charge in [-0.2, -0.15) is 12.8 Å². The van der Waals surface area contributed by atoms with Crippen LogP contribution in [0.5, 0.6) is 0 Å². The van der Waals surface area contributed by atoms with Crippen LogP contribution in [0.3, 0.4) is 0 Å². The van der Waals surface area contributed by atoms with Gasteiger partial charge >= 0.3 is 29.0 Å². The number of rotatable bonds is 4. The van der Waals surface area contributed by atoms with E-state index in [4.69, 9.17) is 10.8 Å². The Morgan fingerprint density at radius 3 is 1.41 bits per heavy atom. The van der Waals surface area contributed by atoms with Crippen LogP contribution in [0.15, 0.2) is 0 Å². The number of unbranched alkanes of at least 4 members (excludes halogenated alkanes) is 2. The number of carbonyl (C=O) groups is 1. The van der Waals surface area contributed by atoms with Gasteiger partial charge in [-0.05, 0) is 5.92 Å². The predicted molar refractivity (Wildman–Crippen MR) is 76.7 cm³/mol. The summed E-state index contributed by atoms with van der Waals surface area (Å²) in [6.07, 6.45) is 4.56. The van der Waals surface area contributed by atoms with Crippen LogP contribution in [0.25, 0.3) is 0 Å². The second kappa shape index (κ2) is 21.5. The molecule has 17 heavy (non-hydrogen) atoms. The first kappa shape index (κ1) is 25.9. The van der Waals surface area contributed by atoms with E-state index in [1.165, 1.54) is 12.8 Å². The minimum absolute atomic E-state index is 0. The molecule has 0 bridgehead atoms. The Bertz CT molecular complexity index is 133. The number of hydrogen-bond acceptors (Lipinski definition) is 2. The number of aliphatic carboxylic acids is 1. The Labute approximate surface area is 124 Å². The minimum atomic E-state index is -0.931. The van der Waals surface area contributed by atoms with Crippen molar-refractivity contribution in [2.75, 3.05) is 0 Å². The van der Waals surface area contributed by atoms with E-state index in [1.807, 2.05) is 0 Å². The van der Waals surface area contributed by atoms with Gasteiger partial charge in [0, 0.05) is 0 Å². The fraction of sp³-hybridized carbons (Fsp3) is 0.769. The molecule has 0 rings (SSSR count). The van der Waals surface area contributed by atoms with Gasteiger partial charge < -0.3 is 24.7 Å². The number of hydrogen-bond donors (Lipinski definition) is 2. The molecule has 3 nitrogen and oxygen atoms in total. The van der Waals surface area contributed by atoms with Crippen LogP contribution in [0.1, 0.15) is 53.4 Å². The molecular weight excluding hydrogens is 226 g/mol. The number of carboxylic acids is 1. The molecule has 0 saturated heterocycles. The van der Waals surface area contributed by atoms with E-state index in [1.54, 1.807) is 13.8 Å². The zero-order chi connectivity index (χ0) is 13.6. The maximum absolute atomic E-state index is 10.0. The fourth-order valence-corrected chi connectivity index (χ4v) is 0.285. The molecule has 1 atom stereocenters. The first-order valence-electron chi connectivity index (χ1n) is 5.95. The van der Waals surface area contributed by atoms with Crippen LogP contribution in [0, 0.1) is 19.8 Å². The summed E-state index contributed by atoms with van der Waals surface area (Å²) in [5.74, 6) is -0.910. The largest absolute Gasteiger partial charge is 2.00 e. The first-order chi connectivity index (χ1) is 7.38. The van der Waals surface area contributed by atoms with E-state index in [-0.39, 0.29) is 29.0 Å². The molecule has 0 aromatic rings. The van der Waals surface area contributed by atoms with Crippen molar-refractivity contribution in [1.82, 2.24) is 0 Å². The molecule has 0 unspecified atom stereocenters. The van der Waals surface area contributed by atoms with Gasteiger partial charge in [0.15, 0.2) is 0 Å². The molecule has 0 heterocycles. The average molecular weight is 256 g/mol. The van der Waals surface area contributed by atoms with Crippen LogP contribution in [0.4, 0.5) is 0 Å². The Morgan fingerprint density at radius 1 is 1.18 bits per heavy atom. The molecule has 0 aromatic carbocycles. The molecule has 0 aliphatic carbocycles. The Morgan fingerprint density at radius 2 is 1.41 bits per heavy atom. The third-order valence-corrected chi connectivity index (χ3v) is 1.71. The monoisotopic (exact) mass is 255 g/mol. The van der Waals surface area contributed by atoms with E-state index < -0.39 is 12.0 Å². The van der Waals surface area contributed by atoms with E-state index in [9.17, 15) is 4.79 Å². The van der Waals surface area contributed by atoms with Crippen LogP contribution in [-0.4, -0.2) is 40.2 Å². The van der Waals surface area contributed by atoms with Crippen molar-refractivity contribution in [1.29, 1.82) is 0 Å². The van der Waals surface area contributed by atoms with Gasteiger partial charge in [0.2, 0.25) is 0 Å². The van der Waals surface area contributed by atoms with E-state index in [0.29, 0.717) is 0 Å². The average Bonchev–Trinajstić information content (AvgIpc) is 2.28. The molecule has 0 aliphatic heterocycles. The summed E-state index contributed by atoms with van der Waals surface area (Å²) in [5.41, 5.74) is 5.16. The number of carboxylic acid groups (broad SMARTS) is 1. The normalized spacial score (nSPS) is 10.1. The topological polar surface area (TPSA) is 63.3 Å². The molecule has 0 amide bonds. The van der Waals surface area contributed by atoms with Crippen molar-refractivity contribution < 1.29 is 9.90 Å². The molecule has 0 spiro atoms. The molecule has 0 fully saturated rings. The molecule has 100 valence electrons. The van der Waals surface area contributed by atoms with Crippen molar-refractivity contribution in [3.63, 3.8) is 0 Å². The van der Waals surface area contributed by atoms with Gasteiger partial charge in [-0.15, -0.1) is 0 Å². The molecule has 0 saturated carbocycles. The van der Waals surface area contributed by atoms with Crippen LogP contribution >= 0.6 is 0 Å². The SMILES string of the molecule is CC(C)[C@H](N)C(=O)O.[CH2-]CCC.[CH2-]CCC.[Mg+2]. The van der Waals surface area contributed by atoms with E-state index in [0.717, 1.165) is 12.8 Å². The number of nitrogens with two attached hydrogens (primary N) is 1. The van der Waals surface area contributed by atoms with Crippen molar-refractivity contribution in [3.05, 3.63) is 13.8 Å². The third-order valence-electron chi connectivity index (χ3n) is 1.71. The van der Waals surface area contributed by atoms with Crippen molar-refractivity contribution in [2.45, 2.75) is 59.4 Å². The van der Waals surface area contributed by atoms with Crippen LogP contribution < -0.4 is 5.73 Å². The Kier molecular flexibility index (Phi) is 32.7. The van der Waals surface area contributed by atoms with Gasteiger partial charge in [-0.25, -0.2) is 0 Å². The maximum Gasteiger partial charge on any atom is 2.00 e. The summed E-state index contributed by atoms with van der Waals surface area (Å²) in [5, 5.41) is 8.23. The first-order valence-corrected chi connectivity index (χ1v) is 5.95. The minimum Gasteiger partial charge on any atom is -0.480 e. The Balaban J connectivity index is -0.0000000806. The van der Waals surface area contributed by atoms with Crippen LogP contribution in [0.2, 0.25) is 0 Å². The van der Waals surface area contributed by atoms with Gasteiger partial charge in [-0.3, -0.25) is 4.79 Å². The summed E-state index contributed by atoms with van der Waals surface area (Å²) in [6.45, 7) is 15.0. The predicted octanol–water partition coefficient (Wildman–Crippen LogP) is 2.91. The standard InChI is InChI=1S/C5H11NO2.2C4H9.Mg/c1-3(2)4(6)5(7)8;2*1-3-4-2;/h3-4H,6H2,1-2H3,(H,7,8);2*1,3-4H2,2H3;/q;2*-1;+2/t4-;;;/m0.../s1. The second-order valence-corrected chi connectivity index (χ2v) is 3.82. The summed E-state index contributed by atoms with van der Waals surface area (Å²) >= 11 is 0. The molecule has 4 heteroatoms. The van der Waals surface area contributed by atoms with Crippen molar-refractivity contribution in [3.8, 4) is 0 Å². The van der Waals surface area contributed by atoms with E-state index >= 15 is 0 Å². The molecule has 0 aromatic heterocycles. The van der Waals surface area contributed by atoms with E-state index in [2.05, 4.69) is 27.7 Å². The zero-order valence-corrected chi connectivity index (χ0v) is 13.5. The van der Waals surface area contributed by atoms with Crippen LogP contribution in [-0.2, 0) is 4.79 Å². The van der Waals surface area contributed by atoms with Crippen molar-refractivity contribution >= 4 is 29.0 Å². The summed E-state index contributed by atoms with van der Waals surface area (Å²) in [6, 6.07) is -0.713. The van der Waals surface area contributed by atoms with Crippen molar-refractivity contribution in [2.24, 2.45) is 11.7 Å². The summed E-state index contributed by atoms with van der Waals surface area (Å²) in [4.78, 5) is 10.0. The van der Waals surface area contributed by atoms with Gasteiger partial charge in [0.1, 0.15) is 6.04 Å². The molecule has 0 radical (unpaired) electrons. The summed E-state index contributed by atoms with van der Waals surface area (Å²) < 4.78 is 0. The molecule has 3 N–H and O–H groups in total. The Hall–Kier alpha value is 0.196. The summed E-state index contributed by atoms with van der Waals surface area (Å²) in [7, 11) is 0. The van der Waals surface area contributed by atoms with Gasteiger partial charge in [0.25, 0.3) is 0 Å². The maximum atomic E-state index is 10.0. The third kappa shape index (κ3) is 31.4. The molecule has 0 aliphatic rings. The van der Waals surface area contributed by atoms with Gasteiger partial charge in [0.05, 0.1) is 0 Å². The fourth-order valence-electron chi connectivity index (χ4n) is 0.285. The smallest absolute Gasteiger partial charge is 0.480 e. The quantitative estimate of drug-likeness (QED) is 0.600. The molecular formula is C13H29MgNO2. The zero-order valence-electron chi connectivity index (χ0n) is 12.0. The van der Waals surface area contributed by atoms with Gasteiger partial charge in [-0.1, -0.05) is 40.5 Å². The second-order valence-electron chi connectivity index (χ2n) is 3.82.